The summed E-state index contributed by atoms with van der Waals surface area (Å²) in [6.07, 6.45) is -5.38. The van der Waals surface area contributed by atoms with Crippen LogP contribution >= 0.6 is 0 Å². The Kier molecular flexibility index (Phi) is 5.25. The minimum atomic E-state index is -4.40. The van der Waals surface area contributed by atoms with Crippen LogP contribution in [0.3, 0.4) is 0 Å². The molecule has 118 valence electrons. The molecule has 0 aliphatic heterocycles. The number of sulfonamides is 1. The molecule has 11 heteroatoms. The van der Waals surface area contributed by atoms with Crippen LogP contribution in [0.4, 0.5) is 18.9 Å². The summed E-state index contributed by atoms with van der Waals surface area (Å²) in [6.45, 7) is 0.138. The number of hydrogen-bond acceptors (Lipinski definition) is 5. The lowest BCUT2D eigenvalue weighted by Crippen LogP contribution is -2.35. The molecule has 21 heavy (non-hydrogen) atoms. The molecular weight excluding hydrogens is 317 g/mol. The molecule has 0 aromatic heterocycles. The summed E-state index contributed by atoms with van der Waals surface area (Å²) in [4.78, 5) is 8.86. The predicted octanol–water partition coefficient (Wildman–Crippen LogP) is 0.947. The first-order valence-corrected chi connectivity index (χ1v) is 6.95. The van der Waals surface area contributed by atoms with Crippen LogP contribution in [0.15, 0.2) is 17.0 Å². The van der Waals surface area contributed by atoms with Crippen molar-refractivity contribution >= 4 is 15.7 Å². The number of aliphatic hydroxyl groups excluding tert-OH is 1. The van der Waals surface area contributed by atoms with Crippen molar-refractivity contribution in [2.24, 2.45) is 0 Å². The van der Waals surface area contributed by atoms with Gasteiger partial charge in [-0.3, -0.25) is 10.1 Å². The van der Waals surface area contributed by atoms with Gasteiger partial charge in [0.25, 0.3) is 6.43 Å². The van der Waals surface area contributed by atoms with Crippen LogP contribution in [-0.2, 0) is 10.0 Å². The largest absolute Gasteiger partial charge is 0.386 e. The van der Waals surface area contributed by atoms with Crippen LogP contribution < -0.4 is 4.72 Å². The number of rotatable bonds is 6. The number of nitro groups is 1. The SMILES string of the molecule is Cc1cc(S(=O)(=O)NCC(O)C(F)F)cc([N+](=O)[O-])c1F. The highest BCUT2D eigenvalue weighted by Crippen LogP contribution is 2.25. The van der Waals surface area contributed by atoms with E-state index >= 15 is 0 Å². The van der Waals surface area contributed by atoms with Gasteiger partial charge in [0.05, 0.1) is 9.82 Å². The fourth-order valence-electron chi connectivity index (χ4n) is 1.37. The van der Waals surface area contributed by atoms with Gasteiger partial charge in [0.2, 0.25) is 15.8 Å². The summed E-state index contributed by atoms with van der Waals surface area (Å²) in [5, 5.41) is 19.5. The Hall–Kier alpha value is -1.72. The molecule has 0 saturated carbocycles. The zero-order chi connectivity index (χ0) is 16.4. The van der Waals surface area contributed by atoms with Gasteiger partial charge in [-0.25, -0.2) is 21.9 Å². The van der Waals surface area contributed by atoms with Gasteiger partial charge >= 0.3 is 5.69 Å². The maximum absolute atomic E-state index is 13.4. The van der Waals surface area contributed by atoms with Gasteiger partial charge in [-0.15, -0.1) is 0 Å². The fourth-order valence-corrected chi connectivity index (χ4v) is 2.53. The first-order valence-electron chi connectivity index (χ1n) is 5.46. The number of aliphatic hydroxyl groups is 1. The minimum absolute atomic E-state index is 0.293. The molecule has 1 atom stereocenters. The van der Waals surface area contributed by atoms with E-state index in [-0.39, 0.29) is 5.56 Å². The van der Waals surface area contributed by atoms with Gasteiger partial charge in [0, 0.05) is 12.6 Å². The van der Waals surface area contributed by atoms with E-state index < -0.39 is 50.4 Å². The second-order valence-corrected chi connectivity index (χ2v) is 5.85. The van der Waals surface area contributed by atoms with Gasteiger partial charge in [-0.1, -0.05) is 0 Å². The van der Waals surface area contributed by atoms with E-state index in [9.17, 15) is 31.7 Å². The number of alkyl halides is 2. The highest BCUT2D eigenvalue weighted by molar-refractivity contribution is 7.89. The number of nitrogens with zero attached hydrogens (tertiary/aromatic N) is 1. The molecule has 0 aliphatic rings. The van der Waals surface area contributed by atoms with Crippen molar-refractivity contribution in [3.8, 4) is 0 Å². The number of nitrogens with one attached hydrogen (secondary N) is 1. The maximum atomic E-state index is 13.4. The predicted molar refractivity (Wildman–Crippen MR) is 65.0 cm³/mol. The molecule has 0 bridgehead atoms. The molecule has 0 spiro atoms. The van der Waals surface area contributed by atoms with Crippen LogP contribution in [-0.4, -0.2) is 37.5 Å². The van der Waals surface area contributed by atoms with Crippen LogP contribution in [0.5, 0.6) is 0 Å². The number of nitro benzene ring substituents is 1. The molecule has 0 saturated heterocycles. The first-order chi connectivity index (χ1) is 9.56. The smallest absolute Gasteiger partial charge is 0.306 e. The van der Waals surface area contributed by atoms with Crippen LogP contribution in [0, 0.1) is 22.9 Å². The van der Waals surface area contributed by atoms with Crippen molar-refractivity contribution in [2.75, 3.05) is 6.54 Å². The fraction of sp³-hybridized carbons (Fsp3) is 0.400. The van der Waals surface area contributed by atoms with Gasteiger partial charge in [-0.2, -0.15) is 4.39 Å². The van der Waals surface area contributed by atoms with Gasteiger partial charge < -0.3 is 5.11 Å². The molecule has 0 amide bonds. The Morgan fingerprint density at radius 3 is 2.48 bits per heavy atom. The number of benzene rings is 1. The Morgan fingerprint density at radius 1 is 1.43 bits per heavy atom. The van der Waals surface area contributed by atoms with Crippen molar-refractivity contribution in [2.45, 2.75) is 24.3 Å². The number of halogens is 3. The average Bonchev–Trinajstić information content (AvgIpc) is 2.38. The lowest BCUT2D eigenvalue weighted by molar-refractivity contribution is -0.387. The summed E-state index contributed by atoms with van der Waals surface area (Å²) in [5.41, 5.74) is -1.34. The Morgan fingerprint density at radius 2 is 2.00 bits per heavy atom. The summed E-state index contributed by atoms with van der Waals surface area (Å²) in [6, 6.07) is 1.29. The van der Waals surface area contributed by atoms with Crippen LogP contribution in [0.25, 0.3) is 0 Å². The third-order valence-electron chi connectivity index (χ3n) is 2.49. The van der Waals surface area contributed by atoms with Crippen molar-refractivity contribution in [1.82, 2.24) is 4.72 Å². The molecule has 1 aromatic rings. The van der Waals surface area contributed by atoms with E-state index in [2.05, 4.69) is 0 Å². The third kappa shape index (κ3) is 4.12. The first kappa shape index (κ1) is 17.3. The molecule has 0 radical (unpaired) electrons. The highest BCUT2D eigenvalue weighted by Gasteiger charge is 2.25. The second kappa shape index (κ2) is 6.37. The molecule has 1 unspecified atom stereocenters. The Bertz CT molecular complexity index is 650. The zero-order valence-electron chi connectivity index (χ0n) is 10.6. The summed E-state index contributed by atoms with van der Waals surface area (Å²) in [5.74, 6) is -1.19. The second-order valence-electron chi connectivity index (χ2n) is 4.08. The molecule has 0 fully saturated rings. The van der Waals surface area contributed by atoms with E-state index in [4.69, 9.17) is 5.11 Å². The molecular formula is C10H11F3N2O5S. The Balaban J connectivity index is 3.12. The lowest BCUT2D eigenvalue weighted by atomic mass is 10.2. The van der Waals surface area contributed by atoms with Crippen LogP contribution in [0.2, 0.25) is 0 Å². The van der Waals surface area contributed by atoms with E-state index in [0.717, 1.165) is 13.0 Å². The van der Waals surface area contributed by atoms with E-state index in [1.54, 1.807) is 4.72 Å². The number of aryl methyl sites for hydroxylation is 1. The normalized spacial score (nSPS) is 13.4. The monoisotopic (exact) mass is 328 g/mol. The van der Waals surface area contributed by atoms with Crippen molar-refractivity contribution in [3.63, 3.8) is 0 Å². The summed E-state index contributed by atoms with van der Waals surface area (Å²) < 4.78 is 62.8. The zero-order valence-corrected chi connectivity index (χ0v) is 11.4. The summed E-state index contributed by atoms with van der Waals surface area (Å²) in [7, 11) is -4.40. The quantitative estimate of drug-likeness (QED) is 0.597. The standard InChI is InChI=1S/C10H11F3N2O5S/c1-5-2-6(3-7(9(5)11)15(17)18)21(19,20)14-4-8(16)10(12)13/h2-3,8,10,14,16H,4H2,1H3. The molecule has 0 heterocycles. The molecule has 0 aliphatic carbocycles. The summed E-state index contributed by atoms with van der Waals surface area (Å²) >= 11 is 0. The van der Waals surface area contributed by atoms with Crippen molar-refractivity contribution < 1.29 is 31.6 Å². The van der Waals surface area contributed by atoms with Gasteiger partial charge in [0.1, 0.15) is 6.10 Å². The van der Waals surface area contributed by atoms with Crippen molar-refractivity contribution in [1.29, 1.82) is 0 Å². The number of hydrogen-bond donors (Lipinski definition) is 2. The van der Waals surface area contributed by atoms with Gasteiger partial charge in [0.15, 0.2) is 0 Å². The van der Waals surface area contributed by atoms with E-state index in [1.807, 2.05) is 0 Å². The van der Waals surface area contributed by atoms with Crippen molar-refractivity contribution in [3.05, 3.63) is 33.6 Å². The lowest BCUT2D eigenvalue weighted by Gasteiger charge is -2.11. The van der Waals surface area contributed by atoms with Crippen LogP contribution in [0.1, 0.15) is 5.56 Å². The minimum Gasteiger partial charge on any atom is -0.386 e. The molecule has 1 aromatic carbocycles. The van der Waals surface area contributed by atoms with E-state index in [1.165, 1.54) is 0 Å². The van der Waals surface area contributed by atoms with E-state index in [0.29, 0.717) is 6.07 Å². The molecule has 7 nitrogen and oxygen atoms in total. The Labute approximate surface area is 117 Å². The maximum Gasteiger partial charge on any atom is 0.306 e. The topological polar surface area (TPSA) is 110 Å². The third-order valence-corrected chi connectivity index (χ3v) is 3.89. The van der Waals surface area contributed by atoms with Gasteiger partial charge in [-0.05, 0) is 18.6 Å². The molecule has 1 rings (SSSR count). The average molecular weight is 328 g/mol. The highest BCUT2D eigenvalue weighted by atomic mass is 32.2. The molecule has 2 N–H and O–H groups in total.